The van der Waals surface area contributed by atoms with E-state index in [0.717, 1.165) is 0 Å². The smallest absolute Gasteiger partial charge is 0.281 e. The molecule has 0 atom stereocenters. The van der Waals surface area contributed by atoms with Gasteiger partial charge in [0, 0.05) is 0 Å². The summed E-state index contributed by atoms with van der Waals surface area (Å²) in [5.41, 5.74) is 0. The Bertz CT molecular complexity index is 399. The Labute approximate surface area is 99.1 Å². The summed E-state index contributed by atoms with van der Waals surface area (Å²) >= 11 is 0. The predicted octanol–water partition coefficient (Wildman–Crippen LogP) is 2.72. The van der Waals surface area contributed by atoms with Crippen LogP contribution in [0.25, 0.3) is 0 Å². The number of rotatable bonds is 3. The second kappa shape index (κ2) is 4.59. The molecule has 0 fully saturated rings. The van der Waals surface area contributed by atoms with Crippen molar-refractivity contribution >= 4 is 22.5 Å². The Morgan fingerprint density at radius 1 is 0.722 bits per heavy atom. The molecule has 0 saturated carbocycles. The molecular formula is C4H2ClF9O3S. The third kappa shape index (κ3) is 2.61. The molecule has 0 aromatic carbocycles. The van der Waals surface area contributed by atoms with Crippen molar-refractivity contribution in [3.8, 4) is 0 Å². The summed E-state index contributed by atoms with van der Waals surface area (Å²) in [6.45, 7) is 0. The largest absolute Gasteiger partial charge is 0.460 e. The molecule has 0 bridgehead atoms. The molecule has 0 amide bonds. The molecule has 112 valence electrons. The van der Waals surface area contributed by atoms with Crippen LogP contribution in [0.5, 0.6) is 0 Å². The molecule has 0 aliphatic carbocycles. The Morgan fingerprint density at radius 2 is 1.00 bits per heavy atom. The Hall–Kier alpha value is -0.430. The van der Waals surface area contributed by atoms with Crippen LogP contribution in [0.4, 0.5) is 39.5 Å². The van der Waals surface area contributed by atoms with Crippen molar-refractivity contribution in [2.24, 2.45) is 0 Å². The van der Waals surface area contributed by atoms with Crippen molar-refractivity contribution in [3.05, 3.63) is 0 Å². The van der Waals surface area contributed by atoms with Crippen molar-refractivity contribution in [2.75, 3.05) is 0 Å². The summed E-state index contributed by atoms with van der Waals surface area (Å²) in [6, 6.07) is 0. The van der Waals surface area contributed by atoms with Gasteiger partial charge >= 0.3 is 33.4 Å². The van der Waals surface area contributed by atoms with Crippen LogP contribution >= 0.6 is 12.4 Å². The van der Waals surface area contributed by atoms with Crippen molar-refractivity contribution in [1.82, 2.24) is 0 Å². The van der Waals surface area contributed by atoms with Crippen LogP contribution in [0.15, 0.2) is 0 Å². The lowest BCUT2D eigenvalue weighted by Crippen LogP contribution is -2.63. The van der Waals surface area contributed by atoms with Gasteiger partial charge in [-0.05, 0) is 0 Å². The molecule has 0 heterocycles. The SMILES string of the molecule is Cl.O=S(=O)(O)C(F)(F)C(F)(F)C(F)(F)C(F)(F)F. The lowest BCUT2D eigenvalue weighted by Gasteiger charge is -2.31. The zero-order valence-electron chi connectivity index (χ0n) is 7.48. The van der Waals surface area contributed by atoms with Crippen LogP contribution in [0, 0.1) is 0 Å². The number of alkyl halides is 9. The molecule has 0 aromatic rings. The van der Waals surface area contributed by atoms with Gasteiger partial charge < -0.3 is 0 Å². The quantitative estimate of drug-likeness (QED) is 0.637. The van der Waals surface area contributed by atoms with Gasteiger partial charge in [-0.1, -0.05) is 0 Å². The topological polar surface area (TPSA) is 54.4 Å². The van der Waals surface area contributed by atoms with Crippen molar-refractivity contribution in [1.29, 1.82) is 0 Å². The number of hydrogen-bond donors (Lipinski definition) is 1. The molecule has 0 spiro atoms. The highest BCUT2D eigenvalue weighted by Gasteiger charge is 2.85. The van der Waals surface area contributed by atoms with Crippen LogP contribution in [-0.2, 0) is 10.1 Å². The molecule has 0 rings (SSSR count). The summed E-state index contributed by atoms with van der Waals surface area (Å²) in [5, 5.41) is -7.00. The maximum absolute atomic E-state index is 12.2. The predicted molar refractivity (Wildman–Crippen MR) is 39.7 cm³/mol. The van der Waals surface area contributed by atoms with Crippen LogP contribution in [0.3, 0.4) is 0 Å². The van der Waals surface area contributed by atoms with Gasteiger partial charge in [0.05, 0.1) is 0 Å². The van der Waals surface area contributed by atoms with Gasteiger partial charge in [-0.3, -0.25) is 4.55 Å². The Morgan fingerprint density at radius 3 is 1.17 bits per heavy atom. The minimum Gasteiger partial charge on any atom is -0.281 e. The van der Waals surface area contributed by atoms with Gasteiger partial charge in [0.25, 0.3) is 0 Å². The highest BCUT2D eigenvalue weighted by molar-refractivity contribution is 7.87. The van der Waals surface area contributed by atoms with Gasteiger partial charge in [-0.25, -0.2) is 0 Å². The summed E-state index contributed by atoms with van der Waals surface area (Å²) in [4.78, 5) is 0. The first-order chi connectivity index (χ1) is 7.00. The molecule has 0 radical (unpaired) electrons. The second-order valence-corrected chi connectivity index (χ2v) is 4.10. The molecule has 18 heavy (non-hydrogen) atoms. The molecule has 0 saturated heterocycles. The van der Waals surface area contributed by atoms with E-state index in [1.54, 1.807) is 0 Å². The minimum atomic E-state index is -7.37. The van der Waals surface area contributed by atoms with Crippen molar-refractivity contribution in [2.45, 2.75) is 23.3 Å². The maximum Gasteiger partial charge on any atom is 0.460 e. The van der Waals surface area contributed by atoms with Crippen LogP contribution in [-0.4, -0.2) is 36.2 Å². The van der Waals surface area contributed by atoms with Crippen molar-refractivity contribution in [3.63, 3.8) is 0 Å². The van der Waals surface area contributed by atoms with E-state index in [1.807, 2.05) is 0 Å². The molecular weight excluding hydrogens is 335 g/mol. The van der Waals surface area contributed by atoms with Gasteiger partial charge in [-0.2, -0.15) is 47.9 Å². The van der Waals surface area contributed by atoms with E-state index in [0.29, 0.717) is 0 Å². The highest BCUT2D eigenvalue weighted by Crippen LogP contribution is 2.54. The Kier molecular flexibility index (Phi) is 5.08. The number of halogens is 10. The lowest BCUT2D eigenvalue weighted by molar-refractivity contribution is -0.382. The van der Waals surface area contributed by atoms with Crippen LogP contribution in [0.1, 0.15) is 0 Å². The molecule has 0 unspecified atom stereocenters. The molecule has 3 nitrogen and oxygen atoms in total. The molecule has 1 N–H and O–H groups in total. The van der Waals surface area contributed by atoms with E-state index < -0.39 is 33.4 Å². The summed E-state index contributed by atoms with van der Waals surface area (Å²) in [7, 11) is -7.17. The van der Waals surface area contributed by atoms with E-state index in [1.165, 1.54) is 0 Å². The normalized spacial score (nSPS) is 15.2. The first-order valence-electron chi connectivity index (χ1n) is 3.17. The summed E-state index contributed by atoms with van der Waals surface area (Å²) < 4.78 is 134. The maximum atomic E-state index is 12.2. The zero-order valence-corrected chi connectivity index (χ0v) is 9.11. The molecule has 14 heteroatoms. The van der Waals surface area contributed by atoms with Crippen LogP contribution < -0.4 is 0 Å². The average Bonchev–Trinajstić information content (AvgIpc) is 1.98. The fourth-order valence-electron chi connectivity index (χ4n) is 0.523. The summed E-state index contributed by atoms with van der Waals surface area (Å²) in [5.74, 6) is -14.7. The standard InChI is InChI=1S/C4HF9O3S.ClH/c5-1(6,3(9,10)11)2(7,8)4(12,13)17(14,15)16;/h(H,14,15,16);1H. The first-order valence-corrected chi connectivity index (χ1v) is 4.61. The molecule has 0 aromatic heterocycles. The van der Waals surface area contributed by atoms with Gasteiger partial charge in [0.1, 0.15) is 0 Å². The number of hydrogen-bond acceptors (Lipinski definition) is 2. The third-order valence-electron chi connectivity index (χ3n) is 1.44. The van der Waals surface area contributed by atoms with Gasteiger partial charge in [-0.15, -0.1) is 12.4 Å². The minimum absolute atomic E-state index is 0. The highest BCUT2D eigenvalue weighted by atomic mass is 35.5. The fraction of sp³-hybridized carbons (Fsp3) is 1.00. The summed E-state index contributed by atoms with van der Waals surface area (Å²) in [6.07, 6.45) is -7.13. The van der Waals surface area contributed by atoms with E-state index in [4.69, 9.17) is 4.55 Å². The first kappa shape index (κ1) is 19.9. The van der Waals surface area contributed by atoms with Gasteiger partial charge in [0.15, 0.2) is 0 Å². The second-order valence-electron chi connectivity index (χ2n) is 2.64. The van der Waals surface area contributed by atoms with E-state index in [-0.39, 0.29) is 12.4 Å². The van der Waals surface area contributed by atoms with E-state index >= 15 is 0 Å². The monoisotopic (exact) mass is 336 g/mol. The molecule has 0 aliphatic rings. The van der Waals surface area contributed by atoms with Crippen LogP contribution in [0.2, 0.25) is 0 Å². The zero-order chi connectivity index (χ0) is 14.5. The van der Waals surface area contributed by atoms with E-state index in [2.05, 4.69) is 0 Å². The molecule has 0 aliphatic heterocycles. The van der Waals surface area contributed by atoms with E-state index in [9.17, 15) is 47.9 Å². The van der Waals surface area contributed by atoms with Gasteiger partial charge in [0.2, 0.25) is 0 Å². The fourth-order valence-corrected chi connectivity index (χ4v) is 0.975. The third-order valence-corrected chi connectivity index (χ3v) is 2.34. The van der Waals surface area contributed by atoms with Crippen molar-refractivity contribution < 1.29 is 52.5 Å². The Balaban J connectivity index is 0. The lowest BCUT2D eigenvalue weighted by atomic mass is 10.1. The average molecular weight is 337 g/mol.